The van der Waals surface area contributed by atoms with Crippen LogP contribution in [-0.2, 0) is 6.61 Å². The lowest BCUT2D eigenvalue weighted by atomic mass is 10.2. The lowest BCUT2D eigenvalue weighted by Gasteiger charge is -1.97. The van der Waals surface area contributed by atoms with E-state index in [9.17, 15) is 0 Å². The third-order valence-electron chi connectivity index (χ3n) is 3.08. The third-order valence-corrected chi connectivity index (χ3v) is 3.97. The summed E-state index contributed by atoms with van der Waals surface area (Å²) in [5.41, 5.74) is 1.60. The van der Waals surface area contributed by atoms with Crippen molar-refractivity contribution in [2.75, 3.05) is 0 Å². The number of hydrogen-bond donors (Lipinski definition) is 0. The second kappa shape index (κ2) is 6.55. The van der Waals surface area contributed by atoms with Crippen LogP contribution in [0.5, 0.6) is 6.08 Å². The molecule has 3 heterocycles. The minimum Gasteiger partial charge on any atom is -0.442 e. The Kier molecular flexibility index (Phi) is 3.95. The van der Waals surface area contributed by atoms with E-state index in [0.717, 1.165) is 16.3 Å². The van der Waals surface area contributed by atoms with Gasteiger partial charge in [-0.15, -0.1) is 16.4 Å². The van der Waals surface area contributed by atoms with Gasteiger partial charge in [0.15, 0.2) is 10.8 Å². The Morgan fingerprint density at radius 3 is 2.67 bits per heavy atom. The van der Waals surface area contributed by atoms with Gasteiger partial charge in [-0.25, -0.2) is 15.0 Å². The molecule has 0 saturated heterocycles. The summed E-state index contributed by atoms with van der Waals surface area (Å²) >= 11 is 1.46. The predicted molar refractivity (Wildman–Crippen MR) is 87.2 cm³/mol. The average molecular weight is 337 g/mol. The van der Waals surface area contributed by atoms with Crippen molar-refractivity contribution in [2.24, 2.45) is 0 Å². The van der Waals surface area contributed by atoms with E-state index in [4.69, 9.17) is 9.15 Å². The molecular weight excluding hydrogens is 326 g/mol. The number of nitrogens with zero attached hydrogens (tertiary/aromatic N) is 5. The quantitative estimate of drug-likeness (QED) is 0.552. The molecule has 1 aromatic carbocycles. The molecule has 0 amide bonds. The van der Waals surface area contributed by atoms with Crippen LogP contribution in [0.2, 0.25) is 0 Å². The Bertz CT molecular complexity index is 846. The highest BCUT2D eigenvalue weighted by Crippen LogP contribution is 2.23. The summed E-state index contributed by atoms with van der Waals surface area (Å²) in [7, 11) is 0. The van der Waals surface area contributed by atoms with Gasteiger partial charge >= 0.3 is 6.08 Å². The number of rotatable bonds is 5. The number of thiazole rings is 1. The van der Waals surface area contributed by atoms with Crippen molar-refractivity contribution in [3.8, 4) is 28.4 Å². The Morgan fingerprint density at radius 1 is 1.00 bits per heavy atom. The van der Waals surface area contributed by atoms with Crippen LogP contribution in [0.15, 0.2) is 58.6 Å². The van der Waals surface area contributed by atoms with Gasteiger partial charge < -0.3 is 9.15 Å². The largest absolute Gasteiger partial charge is 0.442 e. The van der Waals surface area contributed by atoms with Crippen LogP contribution in [-0.4, -0.2) is 25.1 Å². The van der Waals surface area contributed by atoms with E-state index in [1.165, 1.54) is 11.3 Å². The van der Waals surface area contributed by atoms with E-state index in [2.05, 4.69) is 25.1 Å². The summed E-state index contributed by atoms with van der Waals surface area (Å²) in [4.78, 5) is 12.8. The van der Waals surface area contributed by atoms with Gasteiger partial charge in [-0.2, -0.15) is 0 Å². The van der Waals surface area contributed by atoms with Gasteiger partial charge in [0.05, 0.1) is 5.69 Å². The lowest BCUT2D eigenvalue weighted by Crippen LogP contribution is -1.96. The first-order valence-corrected chi connectivity index (χ1v) is 8.00. The number of benzene rings is 1. The summed E-state index contributed by atoms with van der Waals surface area (Å²) in [6.07, 6.45) is 3.48. The van der Waals surface area contributed by atoms with Crippen molar-refractivity contribution in [1.29, 1.82) is 0 Å². The van der Waals surface area contributed by atoms with Gasteiger partial charge in [-0.05, 0) is 18.2 Å². The molecule has 0 saturated carbocycles. The first-order valence-electron chi connectivity index (χ1n) is 7.12. The second-order valence-corrected chi connectivity index (χ2v) is 5.60. The van der Waals surface area contributed by atoms with E-state index in [0.29, 0.717) is 11.7 Å². The molecule has 8 heteroatoms. The molecule has 0 spiro atoms. The highest BCUT2D eigenvalue weighted by molar-refractivity contribution is 7.13. The van der Waals surface area contributed by atoms with Crippen molar-refractivity contribution in [2.45, 2.75) is 6.61 Å². The van der Waals surface area contributed by atoms with E-state index in [1.807, 2.05) is 35.7 Å². The standard InChI is InChI=1S/C16H11N5O2S/c1-2-5-11(6-3-1)14-20-21-16(23-14)22-9-12-10-24-15(19-12)13-17-7-4-8-18-13/h1-8,10H,9H2. The first kappa shape index (κ1) is 14.5. The smallest absolute Gasteiger partial charge is 0.415 e. The fourth-order valence-electron chi connectivity index (χ4n) is 1.99. The van der Waals surface area contributed by atoms with Crippen molar-refractivity contribution in [3.05, 3.63) is 59.9 Å². The first-order chi connectivity index (χ1) is 11.9. The van der Waals surface area contributed by atoms with Crippen LogP contribution < -0.4 is 4.74 Å². The van der Waals surface area contributed by atoms with Gasteiger partial charge in [-0.1, -0.05) is 23.3 Å². The molecule has 0 N–H and O–H groups in total. The van der Waals surface area contributed by atoms with Gasteiger partial charge in [0.25, 0.3) is 5.89 Å². The Hall–Kier alpha value is -3.13. The maximum atomic E-state index is 5.51. The van der Waals surface area contributed by atoms with Gasteiger partial charge in [0.1, 0.15) is 6.61 Å². The fourth-order valence-corrected chi connectivity index (χ4v) is 2.74. The maximum Gasteiger partial charge on any atom is 0.415 e. The lowest BCUT2D eigenvalue weighted by molar-refractivity contribution is 0.219. The van der Waals surface area contributed by atoms with Crippen molar-refractivity contribution in [1.82, 2.24) is 25.1 Å². The minimum absolute atomic E-state index is 0.111. The van der Waals surface area contributed by atoms with Crippen LogP contribution in [0.1, 0.15) is 5.69 Å². The molecule has 24 heavy (non-hydrogen) atoms. The predicted octanol–water partition coefficient (Wildman–Crippen LogP) is 3.23. The molecule has 0 bridgehead atoms. The molecule has 118 valence electrons. The van der Waals surface area contributed by atoms with Crippen LogP contribution in [0.3, 0.4) is 0 Å². The molecule has 7 nitrogen and oxygen atoms in total. The van der Waals surface area contributed by atoms with E-state index < -0.39 is 0 Å². The summed E-state index contributed by atoms with van der Waals surface area (Å²) in [6.45, 7) is 0.236. The normalized spacial score (nSPS) is 10.7. The summed E-state index contributed by atoms with van der Waals surface area (Å²) in [5, 5.41) is 10.5. The highest BCUT2D eigenvalue weighted by Gasteiger charge is 2.11. The molecule has 0 aliphatic rings. The molecular formula is C16H11N5O2S. The average Bonchev–Trinajstić information content (AvgIpc) is 3.31. The SMILES string of the molecule is c1ccc(-c2nnc(OCc3csc(-c4ncccn4)n3)o2)cc1. The Morgan fingerprint density at radius 2 is 1.83 bits per heavy atom. The van der Waals surface area contributed by atoms with Gasteiger partial charge in [-0.3, -0.25) is 0 Å². The highest BCUT2D eigenvalue weighted by atomic mass is 32.1. The molecule has 4 rings (SSSR count). The maximum absolute atomic E-state index is 5.51. The fraction of sp³-hybridized carbons (Fsp3) is 0.0625. The zero-order chi connectivity index (χ0) is 16.2. The molecule has 0 unspecified atom stereocenters. The molecule has 0 radical (unpaired) electrons. The molecule has 0 atom stereocenters. The monoisotopic (exact) mass is 337 g/mol. The number of ether oxygens (including phenoxy) is 1. The molecule has 3 aromatic heterocycles. The van der Waals surface area contributed by atoms with Crippen molar-refractivity contribution in [3.63, 3.8) is 0 Å². The zero-order valence-electron chi connectivity index (χ0n) is 12.4. The molecule has 0 fully saturated rings. The van der Waals surface area contributed by atoms with Crippen LogP contribution >= 0.6 is 11.3 Å². The van der Waals surface area contributed by atoms with Crippen LogP contribution in [0.25, 0.3) is 22.3 Å². The second-order valence-electron chi connectivity index (χ2n) is 4.74. The summed E-state index contributed by atoms with van der Waals surface area (Å²) in [5.74, 6) is 1.01. The van der Waals surface area contributed by atoms with E-state index >= 15 is 0 Å². The number of aromatic nitrogens is 5. The minimum atomic E-state index is 0.111. The Balaban J connectivity index is 1.43. The summed E-state index contributed by atoms with van der Waals surface area (Å²) < 4.78 is 11.0. The van der Waals surface area contributed by atoms with E-state index in [1.54, 1.807) is 18.5 Å². The van der Waals surface area contributed by atoms with Crippen LogP contribution in [0.4, 0.5) is 0 Å². The zero-order valence-corrected chi connectivity index (χ0v) is 13.2. The molecule has 4 aromatic rings. The van der Waals surface area contributed by atoms with E-state index in [-0.39, 0.29) is 12.7 Å². The molecule has 0 aliphatic carbocycles. The third kappa shape index (κ3) is 3.13. The topological polar surface area (TPSA) is 86.8 Å². The van der Waals surface area contributed by atoms with Crippen molar-refractivity contribution < 1.29 is 9.15 Å². The van der Waals surface area contributed by atoms with Gasteiger partial charge in [0.2, 0.25) is 0 Å². The summed E-state index contributed by atoms with van der Waals surface area (Å²) in [6, 6.07) is 11.3. The van der Waals surface area contributed by atoms with Gasteiger partial charge in [0, 0.05) is 23.3 Å². The van der Waals surface area contributed by atoms with Crippen LogP contribution in [0, 0.1) is 0 Å². The number of hydrogen-bond acceptors (Lipinski definition) is 8. The van der Waals surface area contributed by atoms with Crippen molar-refractivity contribution >= 4 is 11.3 Å². The Labute approximate surface area is 141 Å². The molecule has 0 aliphatic heterocycles.